The maximum absolute atomic E-state index is 12.0. The molecule has 0 spiro atoms. The summed E-state index contributed by atoms with van der Waals surface area (Å²) in [5.41, 5.74) is -0.285. The third kappa shape index (κ3) is 8.16. The van der Waals surface area contributed by atoms with Crippen LogP contribution in [0.15, 0.2) is 0 Å². The predicted octanol–water partition coefficient (Wildman–Crippen LogP) is 3.30. The minimum absolute atomic E-state index is 0.0484. The van der Waals surface area contributed by atoms with Crippen molar-refractivity contribution in [3.8, 4) is 0 Å². The molecule has 0 rings (SSSR count). The molecule has 0 aromatic rings. The Morgan fingerprint density at radius 3 is 2.00 bits per heavy atom. The zero-order valence-corrected chi connectivity index (χ0v) is 14.0. The Morgan fingerprint density at radius 2 is 1.65 bits per heavy atom. The van der Waals surface area contributed by atoms with Crippen LogP contribution in [-0.2, 0) is 10.0 Å². The molecular formula is C12H26BrNO2S. The normalized spacial score (nSPS) is 16.8. The summed E-state index contributed by atoms with van der Waals surface area (Å²) < 4.78 is 26.8. The average Bonchev–Trinajstić information content (AvgIpc) is 2.14. The van der Waals surface area contributed by atoms with Crippen molar-refractivity contribution in [3.63, 3.8) is 0 Å². The molecule has 3 nitrogen and oxygen atoms in total. The lowest BCUT2D eigenvalue weighted by Gasteiger charge is -2.29. The van der Waals surface area contributed by atoms with E-state index >= 15 is 0 Å². The van der Waals surface area contributed by atoms with Crippen LogP contribution in [-0.4, -0.2) is 25.0 Å². The first-order chi connectivity index (χ1) is 7.54. The third-order valence-electron chi connectivity index (χ3n) is 2.95. The highest BCUT2D eigenvalue weighted by atomic mass is 79.9. The Morgan fingerprint density at radius 1 is 1.12 bits per heavy atom. The molecule has 1 N–H and O–H groups in total. The van der Waals surface area contributed by atoms with E-state index < -0.39 is 10.0 Å². The lowest BCUT2D eigenvalue weighted by atomic mass is 9.94. The fourth-order valence-corrected chi connectivity index (χ4v) is 4.23. The first-order valence-electron chi connectivity index (χ1n) is 6.11. The highest BCUT2D eigenvalue weighted by Gasteiger charge is 2.28. The van der Waals surface area contributed by atoms with E-state index in [2.05, 4.69) is 41.4 Å². The van der Waals surface area contributed by atoms with Crippen LogP contribution < -0.4 is 4.72 Å². The summed E-state index contributed by atoms with van der Waals surface area (Å²) in [6, 6.07) is 0. The van der Waals surface area contributed by atoms with Crippen LogP contribution in [0.25, 0.3) is 0 Å². The van der Waals surface area contributed by atoms with Crippen molar-refractivity contribution in [1.29, 1.82) is 0 Å². The summed E-state index contributed by atoms with van der Waals surface area (Å²) in [5, 5.41) is 0.805. The van der Waals surface area contributed by atoms with E-state index in [1.54, 1.807) is 0 Å². The van der Waals surface area contributed by atoms with Crippen LogP contribution in [0.4, 0.5) is 0 Å². The molecule has 0 aromatic heterocycles. The van der Waals surface area contributed by atoms with Crippen LogP contribution in [0.3, 0.4) is 0 Å². The highest BCUT2D eigenvalue weighted by Crippen LogP contribution is 2.21. The van der Waals surface area contributed by atoms with Crippen molar-refractivity contribution in [1.82, 2.24) is 4.72 Å². The van der Waals surface area contributed by atoms with Crippen LogP contribution in [0.5, 0.6) is 0 Å². The second-order valence-electron chi connectivity index (χ2n) is 6.08. The van der Waals surface area contributed by atoms with Crippen molar-refractivity contribution >= 4 is 26.0 Å². The maximum atomic E-state index is 12.0. The summed E-state index contributed by atoms with van der Waals surface area (Å²) in [6.07, 6.45) is 2.28. The van der Waals surface area contributed by atoms with Gasteiger partial charge >= 0.3 is 0 Å². The Balaban J connectivity index is 4.53. The van der Waals surface area contributed by atoms with Gasteiger partial charge in [-0.05, 0) is 31.6 Å². The molecule has 0 aliphatic heterocycles. The summed E-state index contributed by atoms with van der Waals surface area (Å²) >= 11 is 3.37. The number of alkyl halides is 1. The van der Waals surface area contributed by atoms with E-state index in [1.807, 2.05) is 13.8 Å². The molecular weight excluding hydrogens is 302 g/mol. The molecule has 0 saturated heterocycles. The summed E-state index contributed by atoms with van der Waals surface area (Å²) in [5.74, 6) is 0.203. The number of rotatable bonds is 7. The molecule has 0 aliphatic carbocycles. The average molecular weight is 328 g/mol. The van der Waals surface area contributed by atoms with Gasteiger partial charge < -0.3 is 0 Å². The first kappa shape index (κ1) is 17.4. The number of hydrogen-bond acceptors (Lipinski definition) is 2. The summed E-state index contributed by atoms with van der Waals surface area (Å²) in [7, 11) is -3.18. The number of nitrogens with one attached hydrogen (secondary N) is 1. The van der Waals surface area contributed by atoms with Crippen molar-refractivity contribution in [3.05, 3.63) is 0 Å². The van der Waals surface area contributed by atoms with Gasteiger partial charge in [-0.1, -0.05) is 43.6 Å². The van der Waals surface area contributed by atoms with Crippen molar-refractivity contribution in [2.45, 2.75) is 59.4 Å². The Bertz CT molecular complexity index is 322. The smallest absolute Gasteiger partial charge is 0.212 e. The molecule has 5 heteroatoms. The zero-order chi connectivity index (χ0) is 13.7. The van der Waals surface area contributed by atoms with Crippen molar-refractivity contribution < 1.29 is 8.42 Å². The van der Waals surface area contributed by atoms with Gasteiger partial charge in [0.25, 0.3) is 0 Å². The van der Waals surface area contributed by atoms with Crippen molar-refractivity contribution in [2.75, 3.05) is 11.1 Å². The van der Waals surface area contributed by atoms with Crippen LogP contribution in [0.1, 0.15) is 53.9 Å². The molecule has 0 bridgehead atoms. The van der Waals surface area contributed by atoms with Gasteiger partial charge in [0.05, 0.1) is 5.75 Å². The van der Waals surface area contributed by atoms with Crippen molar-refractivity contribution in [2.24, 2.45) is 5.41 Å². The van der Waals surface area contributed by atoms with Crippen LogP contribution >= 0.6 is 15.9 Å². The molecule has 0 heterocycles. The van der Waals surface area contributed by atoms with E-state index in [9.17, 15) is 8.42 Å². The van der Waals surface area contributed by atoms with Crippen LogP contribution in [0, 0.1) is 5.41 Å². The zero-order valence-electron chi connectivity index (χ0n) is 11.6. The molecule has 0 amide bonds. The van der Waals surface area contributed by atoms with Gasteiger partial charge in [-0.3, -0.25) is 0 Å². The molecule has 1 atom stereocenters. The number of halogens is 1. The molecule has 0 aromatic carbocycles. The first-order valence-corrected chi connectivity index (χ1v) is 8.88. The minimum Gasteiger partial charge on any atom is -0.212 e. The molecule has 0 aliphatic rings. The second kappa shape index (κ2) is 6.53. The second-order valence-corrected chi connectivity index (χ2v) is 8.72. The highest BCUT2D eigenvalue weighted by molar-refractivity contribution is 9.09. The number of hydrogen-bond donors (Lipinski definition) is 1. The quantitative estimate of drug-likeness (QED) is 0.729. The predicted molar refractivity (Wildman–Crippen MR) is 78.1 cm³/mol. The maximum Gasteiger partial charge on any atom is 0.212 e. The Hall–Kier alpha value is 0.390. The van der Waals surface area contributed by atoms with Gasteiger partial charge in [0.1, 0.15) is 0 Å². The van der Waals surface area contributed by atoms with Gasteiger partial charge in [-0.2, -0.15) is 0 Å². The molecule has 0 radical (unpaired) electrons. The Kier molecular flexibility index (Phi) is 6.68. The molecule has 0 fully saturated rings. The molecule has 0 saturated carbocycles. The Labute approximate surface area is 115 Å². The number of sulfonamides is 1. The largest absolute Gasteiger partial charge is 0.212 e. The van der Waals surface area contributed by atoms with Gasteiger partial charge in [0.15, 0.2) is 0 Å². The summed E-state index contributed by atoms with van der Waals surface area (Å²) in [4.78, 5) is 0. The summed E-state index contributed by atoms with van der Waals surface area (Å²) in [6.45, 7) is 10.1. The van der Waals surface area contributed by atoms with E-state index in [4.69, 9.17) is 0 Å². The lowest BCUT2D eigenvalue weighted by molar-refractivity contribution is 0.378. The minimum atomic E-state index is -3.18. The van der Waals surface area contributed by atoms with E-state index in [-0.39, 0.29) is 16.7 Å². The molecule has 1 unspecified atom stereocenters. The van der Waals surface area contributed by atoms with Gasteiger partial charge in [0.2, 0.25) is 10.0 Å². The van der Waals surface area contributed by atoms with E-state index in [1.165, 1.54) is 0 Å². The third-order valence-corrected chi connectivity index (χ3v) is 4.89. The lowest BCUT2D eigenvalue weighted by Crippen LogP contribution is -2.46. The van der Waals surface area contributed by atoms with Crippen LogP contribution in [0.2, 0.25) is 0 Å². The van der Waals surface area contributed by atoms with E-state index in [0.717, 1.165) is 18.2 Å². The topological polar surface area (TPSA) is 46.2 Å². The molecule has 17 heavy (non-hydrogen) atoms. The fourth-order valence-electron chi connectivity index (χ4n) is 1.38. The molecule has 104 valence electrons. The van der Waals surface area contributed by atoms with Gasteiger partial charge in [0, 0.05) is 10.9 Å². The van der Waals surface area contributed by atoms with Gasteiger partial charge in [-0.25, -0.2) is 13.1 Å². The van der Waals surface area contributed by atoms with Gasteiger partial charge in [-0.15, -0.1) is 0 Å². The standard InChI is InChI=1S/C12H26BrNO2S/c1-6-12(5,7-9-13)14-17(15,16)10-8-11(2,3)4/h14H,6-10H2,1-5H3. The van der Waals surface area contributed by atoms with E-state index in [0.29, 0.717) is 6.42 Å². The fraction of sp³-hybridized carbons (Fsp3) is 1.00. The monoisotopic (exact) mass is 327 g/mol. The SMILES string of the molecule is CCC(C)(CCBr)NS(=O)(=O)CCC(C)(C)C.